The lowest BCUT2D eigenvalue weighted by molar-refractivity contribution is -0.384. The number of nitrogens with zero attached hydrogens (tertiary/aromatic N) is 2. The Balaban J connectivity index is 1.48. The zero-order valence-corrected chi connectivity index (χ0v) is 15.6. The lowest BCUT2D eigenvalue weighted by Crippen LogP contribution is -2.13. The number of Topliss-reactive ketones (excluding diaryl/α,β-unsaturated/α-hetero) is 1. The largest absolute Gasteiger partial charge is 0.422 e. The van der Waals surface area contributed by atoms with Gasteiger partial charge in [-0.2, -0.15) is 0 Å². The van der Waals surface area contributed by atoms with Crippen molar-refractivity contribution in [2.45, 2.75) is 0 Å². The predicted molar refractivity (Wildman–Crippen MR) is 110 cm³/mol. The van der Waals surface area contributed by atoms with Crippen molar-refractivity contribution in [3.8, 4) is 10.4 Å². The predicted octanol–water partition coefficient (Wildman–Crippen LogP) is 4.12. The maximum atomic E-state index is 12.3. The van der Waals surface area contributed by atoms with E-state index >= 15 is 0 Å². The Hall–Kier alpha value is -3.85. The van der Waals surface area contributed by atoms with E-state index in [1.165, 1.54) is 35.6 Å². The highest BCUT2D eigenvalue weighted by Gasteiger charge is 2.13. The van der Waals surface area contributed by atoms with Gasteiger partial charge < -0.3 is 9.73 Å². The average Bonchev–Trinajstić information content (AvgIpc) is 3.20. The fourth-order valence-electron chi connectivity index (χ4n) is 2.74. The number of carbonyl (C=O) groups excluding carboxylic acids is 1. The summed E-state index contributed by atoms with van der Waals surface area (Å²) in [7, 11) is 0. The second kappa shape index (κ2) is 7.64. The number of fused-ring (bicyclic) bond motifs is 1. The molecule has 4 rings (SSSR count). The third-order valence-electron chi connectivity index (χ3n) is 4.21. The Morgan fingerprint density at radius 2 is 1.93 bits per heavy atom. The molecule has 4 aromatic rings. The summed E-state index contributed by atoms with van der Waals surface area (Å²) in [5.41, 5.74) is 0.734. The molecule has 0 aliphatic rings. The summed E-state index contributed by atoms with van der Waals surface area (Å²) in [6, 6.07) is 14.4. The number of rotatable bonds is 6. The molecule has 0 saturated carbocycles. The minimum Gasteiger partial charge on any atom is -0.422 e. The van der Waals surface area contributed by atoms with Gasteiger partial charge in [0.1, 0.15) is 5.58 Å². The summed E-state index contributed by atoms with van der Waals surface area (Å²) < 4.78 is 5.34. The van der Waals surface area contributed by atoms with Crippen molar-refractivity contribution in [2.75, 3.05) is 11.9 Å². The number of nitro groups is 1. The number of thiazole rings is 1. The van der Waals surface area contributed by atoms with E-state index in [4.69, 9.17) is 4.42 Å². The number of nitro benzene ring substituents is 1. The second-order valence-electron chi connectivity index (χ2n) is 6.10. The molecular formula is C20H13N3O5S. The number of benzene rings is 2. The maximum Gasteiger partial charge on any atom is 0.345 e. The molecule has 9 heteroatoms. The molecule has 0 amide bonds. The Morgan fingerprint density at radius 1 is 1.17 bits per heavy atom. The molecule has 2 aromatic carbocycles. The average molecular weight is 407 g/mol. The fourth-order valence-corrected chi connectivity index (χ4v) is 3.56. The van der Waals surface area contributed by atoms with Crippen molar-refractivity contribution >= 4 is 38.9 Å². The van der Waals surface area contributed by atoms with Crippen molar-refractivity contribution in [3.05, 3.63) is 86.9 Å². The van der Waals surface area contributed by atoms with E-state index in [1.807, 2.05) is 12.1 Å². The molecule has 29 heavy (non-hydrogen) atoms. The highest BCUT2D eigenvalue weighted by atomic mass is 32.1. The molecule has 2 heterocycles. The van der Waals surface area contributed by atoms with E-state index in [1.54, 1.807) is 24.4 Å². The molecule has 0 radical (unpaired) electrons. The number of nitrogens with one attached hydrogen (secondary N) is 1. The highest BCUT2D eigenvalue weighted by Crippen LogP contribution is 2.28. The first-order valence-corrected chi connectivity index (χ1v) is 9.33. The van der Waals surface area contributed by atoms with Crippen molar-refractivity contribution in [1.29, 1.82) is 0 Å². The van der Waals surface area contributed by atoms with Crippen molar-refractivity contribution in [2.24, 2.45) is 0 Å². The summed E-state index contributed by atoms with van der Waals surface area (Å²) in [4.78, 5) is 39.5. The number of para-hydroxylation sites is 1. The number of non-ortho nitro benzene ring substituents is 1. The monoisotopic (exact) mass is 407 g/mol. The van der Waals surface area contributed by atoms with Crippen LogP contribution in [0.25, 0.3) is 21.4 Å². The van der Waals surface area contributed by atoms with E-state index in [9.17, 15) is 19.7 Å². The van der Waals surface area contributed by atoms with Crippen LogP contribution in [-0.2, 0) is 0 Å². The summed E-state index contributed by atoms with van der Waals surface area (Å²) in [6.45, 7) is -0.0307. The number of hydrogen-bond acceptors (Lipinski definition) is 8. The number of carbonyl (C=O) groups is 1. The molecule has 0 aliphatic heterocycles. The molecule has 1 N–H and O–H groups in total. The first kappa shape index (κ1) is 18.5. The second-order valence-corrected chi connectivity index (χ2v) is 7.13. The van der Waals surface area contributed by atoms with Gasteiger partial charge in [0.25, 0.3) is 5.69 Å². The van der Waals surface area contributed by atoms with Gasteiger partial charge in [0.05, 0.1) is 21.9 Å². The van der Waals surface area contributed by atoms with Crippen molar-refractivity contribution < 1.29 is 14.1 Å². The van der Waals surface area contributed by atoms with Gasteiger partial charge in [0.15, 0.2) is 10.9 Å². The topological polar surface area (TPSA) is 115 Å². The lowest BCUT2D eigenvalue weighted by atomic mass is 10.1. The van der Waals surface area contributed by atoms with Gasteiger partial charge in [-0.05, 0) is 24.3 Å². The Kier molecular flexibility index (Phi) is 4.88. The third-order valence-corrected chi connectivity index (χ3v) is 5.20. The molecule has 0 atom stereocenters. The standard InChI is InChI=1S/C20H13N3O5S/c24-16(12-5-7-14(8-6-12)23(26)27)10-21-20-22-11-18(29-20)15-9-13-3-1-2-4-17(13)28-19(15)25/h1-9,11H,10H2,(H,21,22). The van der Waals surface area contributed by atoms with Gasteiger partial charge in [-0.1, -0.05) is 29.5 Å². The van der Waals surface area contributed by atoms with Gasteiger partial charge in [-0.3, -0.25) is 14.9 Å². The molecule has 2 aromatic heterocycles. The van der Waals surface area contributed by atoms with Crippen LogP contribution in [0, 0.1) is 10.1 Å². The van der Waals surface area contributed by atoms with E-state index in [0.717, 1.165) is 5.39 Å². The summed E-state index contributed by atoms with van der Waals surface area (Å²) in [5.74, 6) is -0.234. The van der Waals surface area contributed by atoms with Gasteiger partial charge in [-0.25, -0.2) is 9.78 Å². The lowest BCUT2D eigenvalue weighted by Gasteiger charge is -2.02. The third kappa shape index (κ3) is 3.90. The van der Waals surface area contributed by atoms with E-state index < -0.39 is 10.5 Å². The van der Waals surface area contributed by atoms with E-state index in [2.05, 4.69) is 10.3 Å². The SMILES string of the molecule is O=C(CNc1ncc(-c2cc3ccccc3oc2=O)s1)c1ccc([N+](=O)[O-])cc1. The first-order valence-electron chi connectivity index (χ1n) is 8.52. The van der Waals surface area contributed by atoms with Crippen LogP contribution in [0.15, 0.2) is 70.0 Å². The Labute approximate surface area is 167 Å². The van der Waals surface area contributed by atoms with Crippen LogP contribution in [0.3, 0.4) is 0 Å². The Bertz CT molecular complexity index is 1280. The number of ketones is 1. The molecule has 0 unspecified atom stereocenters. The van der Waals surface area contributed by atoms with Crippen LogP contribution in [0.5, 0.6) is 0 Å². The van der Waals surface area contributed by atoms with Crippen LogP contribution >= 0.6 is 11.3 Å². The minimum atomic E-state index is -0.521. The first-order chi connectivity index (χ1) is 14.0. The van der Waals surface area contributed by atoms with Gasteiger partial charge >= 0.3 is 5.63 Å². The van der Waals surface area contributed by atoms with Gasteiger partial charge in [0, 0.05) is 29.3 Å². The molecule has 0 bridgehead atoms. The smallest absolute Gasteiger partial charge is 0.345 e. The fraction of sp³-hybridized carbons (Fsp3) is 0.0500. The van der Waals surface area contributed by atoms with Crippen molar-refractivity contribution in [1.82, 2.24) is 4.98 Å². The molecule has 0 saturated heterocycles. The maximum absolute atomic E-state index is 12.3. The minimum absolute atomic E-state index is 0.0307. The molecule has 144 valence electrons. The molecule has 0 spiro atoms. The van der Waals surface area contributed by atoms with Crippen LogP contribution in [0.1, 0.15) is 10.4 Å². The van der Waals surface area contributed by atoms with E-state index in [-0.39, 0.29) is 18.0 Å². The molecule has 0 aliphatic carbocycles. The summed E-state index contributed by atoms with van der Waals surface area (Å²) in [6.07, 6.45) is 1.55. The summed E-state index contributed by atoms with van der Waals surface area (Å²) >= 11 is 1.23. The van der Waals surface area contributed by atoms with Crippen molar-refractivity contribution in [3.63, 3.8) is 0 Å². The highest BCUT2D eigenvalue weighted by molar-refractivity contribution is 7.18. The molecule has 8 nitrogen and oxygen atoms in total. The zero-order chi connectivity index (χ0) is 20.4. The van der Waals surface area contributed by atoms with Crippen LogP contribution < -0.4 is 10.9 Å². The molecule has 0 fully saturated rings. The Morgan fingerprint density at radius 3 is 2.69 bits per heavy atom. The van der Waals surface area contributed by atoms with Crippen LogP contribution in [0.4, 0.5) is 10.8 Å². The zero-order valence-electron chi connectivity index (χ0n) is 14.8. The quantitative estimate of drug-likeness (QED) is 0.221. The number of hydrogen-bond donors (Lipinski definition) is 1. The number of aromatic nitrogens is 1. The van der Waals surface area contributed by atoms with Crippen LogP contribution in [0.2, 0.25) is 0 Å². The normalized spacial score (nSPS) is 10.8. The van der Waals surface area contributed by atoms with E-state index in [0.29, 0.717) is 26.7 Å². The van der Waals surface area contributed by atoms with Gasteiger partial charge in [0.2, 0.25) is 0 Å². The molecular weight excluding hydrogens is 394 g/mol. The summed E-state index contributed by atoms with van der Waals surface area (Å²) in [5, 5.41) is 14.9. The van der Waals surface area contributed by atoms with Crippen LogP contribution in [-0.4, -0.2) is 22.2 Å². The number of anilines is 1. The van der Waals surface area contributed by atoms with Gasteiger partial charge in [-0.15, -0.1) is 0 Å².